The van der Waals surface area contributed by atoms with Gasteiger partial charge in [-0.2, -0.15) is 0 Å². The zero-order valence-electron chi connectivity index (χ0n) is 8.43. The monoisotopic (exact) mass is 168 g/mol. The van der Waals surface area contributed by atoms with Crippen LogP contribution < -0.4 is 5.32 Å². The quantitative estimate of drug-likeness (QED) is 0.652. The predicted molar refractivity (Wildman–Crippen MR) is 54.9 cm³/mol. The molecule has 0 aliphatic heterocycles. The van der Waals surface area contributed by atoms with Crippen LogP contribution in [0.4, 0.5) is 0 Å². The Bertz CT molecular complexity index is 150. The Morgan fingerprint density at radius 3 is 2.50 bits per heavy atom. The van der Waals surface area contributed by atoms with Crippen molar-refractivity contribution in [3.63, 3.8) is 0 Å². The average Bonchev–Trinajstić information content (AvgIpc) is 1.99. The molecule has 0 bridgehead atoms. The van der Waals surface area contributed by atoms with Gasteiger partial charge >= 0.3 is 0 Å². The van der Waals surface area contributed by atoms with Crippen molar-refractivity contribution in [3.05, 3.63) is 25.1 Å². The first-order valence-corrected chi connectivity index (χ1v) is 4.36. The van der Waals surface area contributed by atoms with E-state index in [1.165, 1.54) is 6.42 Å². The lowest BCUT2D eigenvalue weighted by Gasteiger charge is -2.25. The van der Waals surface area contributed by atoms with Crippen LogP contribution >= 0.6 is 0 Å². The second kappa shape index (κ2) is 5.84. The number of rotatable bonds is 6. The minimum Gasteiger partial charge on any atom is -0.365 e. The lowest BCUT2D eigenvalue weighted by molar-refractivity contribution is 0.306. The molecule has 0 aliphatic carbocycles. The van der Waals surface area contributed by atoms with E-state index in [0.29, 0.717) is 6.04 Å². The van der Waals surface area contributed by atoms with Crippen LogP contribution in [-0.4, -0.2) is 25.0 Å². The van der Waals surface area contributed by atoms with Gasteiger partial charge in [0, 0.05) is 11.7 Å². The zero-order chi connectivity index (χ0) is 9.56. The number of nitrogens with zero attached hydrogens (tertiary/aromatic N) is 1. The molecule has 0 amide bonds. The van der Waals surface area contributed by atoms with Crippen molar-refractivity contribution >= 4 is 0 Å². The summed E-state index contributed by atoms with van der Waals surface area (Å²) in [6.45, 7) is 9.75. The first-order chi connectivity index (χ1) is 5.63. The molecule has 0 heterocycles. The van der Waals surface area contributed by atoms with Crippen molar-refractivity contribution in [2.75, 3.05) is 14.1 Å². The van der Waals surface area contributed by atoms with Gasteiger partial charge in [0.25, 0.3) is 0 Å². The van der Waals surface area contributed by atoms with Crippen molar-refractivity contribution in [1.82, 2.24) is 10.2 Å². The van der Waals surface area contributed by atoms with Gasteiger partial charge in [-0.15, -0.1) is 0 Å². The van der Waals surface area contributed by atoms with Crippen LogP contribution in [0.3, 0.4) is 0 Å². The highest BCUT2D eigenvalue weighted by Crippen LogP contribution is 2.09. The summed E-state index contributed by atoms with van der Waals surface area (Å²) < 4.78 is 0. The third-order valence-electron chi connectivity index (χ3n) is 1.88. The maximum atomic E-state index is 3.96. The van der Waals surface area contributed by atoms with Crippen LogP contribution in [0, 0.1) is 0 Å². The SMILES string of the molecule is C=CNC(=C)C(CCC)N(C)C. The molecular weight excluding hydrogens is 148 g/mol. The van der Waals surface area contributed by atoms with E-state index in [-0.39, 0.29) is 0 Å². The molecule has 0 aliphatic rings. The van der Waals surface area contributed by atoms with Crippen LogP contribution in [0.25, 0.3) is 0 Å². The number of hydrogen-bond acceptors (Lipinski definition) is 2. The van der Waals surface area contributed by atoms with Crippen LogP contribution in [-0.2, 0) is 0 Å². The molecule has 0 aromatic carbocycles. The van der Waals surface area contributed by atoms with Crippen LogP contribution in [0.5, 0.6) is 0 Å². The van der Waals surface area contributed by atoms with E-state index in [9.17, 15) is 0 Å². The molecule has 12 heavy (non-hydrogen) atoms. The van der Waals surface area contributed by atoms with E-state index < -0.39 is 0 Å². The summed E-state index contributed by atoms with van der Waals surface area (Å²) >= 11 is 0. The average molecular weight is 168 g/mol. The lowest BCUT2D eigenvalue weighted by Crippen LogP contribution is -2.33. The van der Waals surface area contributed by atoms with Gasteiger partial charge in [-0.3, -0.25) is 0 Å². The van der Waals surface area contributed by atoms with E-state index >= 15 is 0 Å². The summed E-state index contributed by atoms with van der Waals surface area (Å²) in [5, 5.41) is 3.04. The van der Waals surface area contributed by atoms with Crippen molar-refractivity contribution in [2.45, 2.75) is 25.8 Å². The molecule has 0 aromatic heterocycles. The van der Waals surface area contributed by atoms with Crippen LogP contribution in [0.2, 0.25) is 0 Å². The Kier molecular flexibility index (Phi) is 5.47. The predicted octanol–water partition coefficient (Wildman–Crippen LogP) is 1.96. The minimum atomic E-state index is 0.410. The molecule has 1 N–H and O–H groups in total. The summed E-state index contributed by atoms with van der Waals surface area (Å²) in [6, 6.07) is 0.410. The summed E-state index contributed by atoms with van der Waals surface area (Å²) in [5.74, 6) is 0. The molecule has 2 nitrogen and oxygen atoms in total. The Hall–Kier alpha value is -0.760. The molecule has 70 valence electrons. The summed E-state index contributed by atoms with van der Waals surface area (Å²) in [5.41, 5.74) is 1.02. The highest BCUT2D eigenvalue weighted by Gasteiger charge is 2.12. The van der Waals surface area contributed by atoms with Gasteiger partial charge in [-0.1, -0.05) is 26.5 Å². The highest BCUT2D eigenvalue weighted by molar-refractivity contribution is 5.05. The van der Waals surface area contributed by atoms with Gasteiger partial charge in [0.1, 0.15) is 0 Å². The minimum absolute atomic E-state index is 0.410. The summed E-state index contributed by atoms with van der Waals surface area (Å²) in [4.78, 5) is 2.17. The third-order valence-corrected chi connectivity index (χ3v) is 1.88. The van der Waals surface area contributed by atoms with Gasteiger partial charge in [0.15, 0.2) is 0 Å². The van der Waals surface area contributed by atoms with Gasteiger partial charge < -0.3 is 10.2 Å². The summed E-state index contributed by atoms with van der Waals surface area (Å²) in [6.07, 6.45) is 3.97. The molecule has 0 fully saturated rings. The normalized spacial score (nSPS) is 12.7. The van der Waals surface area contributed by atoms with Gasteiger partial charge in [0.2, 0.25) is 0 Å². The summed E-state index contributed by atoms with van der Waals surface area (Å²) in [7, 11) is 4.13. The molecule has 1 atom stereocenters. The van der Waals surface area contributed by atoms with Crippen molar-refractivity contribution in [3.8, 4) is 0 Å². The molecule has 0 aromatic rings. The van der Waals surface area contributed by atoms with Gasteiger partial charge in [-0.05, 0) is 26.7 Å². The lowest BCUT2D eigenvalue weighted by atomic mass is 10.1. The standard InChI is InChI=1S/C10H20N2/c1-6-8-10(12(4)5)9(3)11-7-2/h7,10-11H,2-3,6,8H2,1,4-5H3. The molecule has 2 heteroatoms. The first-order valence-electron chi connectivity index (χ1n) is 4.36. The highest BCUT2D eigenvalue weighted by atomic mass is 15.1. The van der Waals surface area contributed by atoms with Crippen LogP contribution in [0.15, 0.2) is 25.1 Å². The maximum absolute atomic E-state index is 3.96. The molecule has 0 spiro atoms. The Morgan fingerprint density at radius 2 is 2.17 bits per heavy atom. The maximum Gasteiger partial charge on any atom is 0.0486 e. The second-order valence-electron chi connectivity index (χ2n) is 3.14. The third kappa shape index (κ3) is 3.58. The van der Waals surface area contributed by atoms with Crippen molar-refractivity contribution in [1.29, 1.82) is 0 Å². The molecule has 0 saturated carbocycles. The number of likely N-dealkylation sites (N-methyl/N-ethyl adjacent to an activating group) is 1. The molecular formula is C10H20N2. The Labute approximate surface area is 76.0 Å². The Morgan fingerprint density at radius 1 is 1.58 bits per heavy atom. The smallest absolute Gasteiger partial charge is 0.0486 e. The molecule has 0 rings (SSSR count). The van der Waals surface area contributed by atoms with E-state index in [4.69, 9.17) is 0 Å². The topological polar surface area (TPSA) is 15.3 Å². The Balaban J connectivity index is 4.08. The molecule has 0 radical (unpaired) electrons. The fourth-order valence-corrected chi connectivity index (χ4v) is 1.24. The van der Waals surface area contributed by atoms with Crippen LogP contribution in [0.1, 0.15) is 19.8 Å². The van der Waals surface area contributed by atoms with E-state index in [1.807, 2.05) is 0 Å². The van der Waals surface area contributed by atoms with Crippen molar-refractivity contribution in [2.24, 2.45) is 0 Å². The largest absolute Gasteiger partial charge is 0.365 e. The van der Waals surface area contributed by atoms with E-state index in [1.54, 1.807) is 6.20 Å². The fourth-order valence-electron chi connectivity index (χ4n) is 1.24. The van der Waals surface area contributed by atoms with Crippen molar-refractivity contribution < 1.29 is 0 Å². The van der Waals surface area contributed by atoms with Gasteiger partial charge in [0.05, 0.1) is 0 Å². The molecule has 1 unspecified atom stereocenters. The fraction of sp³-hybridized carbons (Fsp3) is 0.600. The van der Waals surface area contributed by atoms with Gasteiger partial charge in [-0.25, -0.2) is 0 Å². The second-order valence-corrected chi connectivity index (χ2v) is 3.14. The van der Waals surface area contributed by atoms with E-state index in [0.717, 1.165) is 12.1 Å². The first kappa shape index (κ1) is 11.2. The zero-order valence-corrected chi connectivity index (χ0v) is 8.43. The molecule has 0 saturated heterocycles. The number of nitrogens with one attached hydrogen (secondary N) is 1. The number of hydrogen-bond donors (Lipinski definition) is 1. The van der Waals surface area contributed by atoms with E-state index in [2.05, 4.69) is 44.4 Å².